The zero-order valence-corrected chi connectivity index (χ0v) is 18.0. The van der Waals surface area contributed by atoms with Gasteiger partial charge in [-0.05, 0) is 56.6 Å². The number of aromatic amines is 1. The van der Waals surface area contributed by atoms with Crippen molar-refractivity contribution >= 4 is 28.0 Å². The quantitative estimate of drug-likeness (QED) is 0.529. The molecule has 164 valence electrons. The summed E-state index contributed by atoms with van der Waals surface area (Å²) in [5.41, 5.74) is 5.87. The number of imidazole rings is 1. The second-order valence-electron chi connectivity index (χ2n) is 8.76. The monoisotopic (exact) mass is 430 g/mol. The summed E-state index contributed by atoms with van der Waals surface area (Å²) < 4.78 is 9.28. The molecule has 0 bridgehead atoms. The van der Waals surface area contributed by atoms with Crippen molar-refractivity contribution in [2.75, 3.05) is 13.2 Å². The Bertz CT molecular complexity index is 1370. The second-order valence-corrected chi connectivity index (χ2v) is 8.76. The third-order valence-corrected chi connectivity index (χ3v) is 6.66. The van der Waals surface area contributed by atoms with Crippen LogP contribution in [0, 0.1) is 5.92 Å². The van der Waals surface area contributed by atoms with Crippen LogP contribution < -0.4 is 5.69 Å². The smallest absolute Gasteiger partial charge is 0.334 e. The van der Waals surface area contributed by atoms with Gasteiger partial charge in [0.2, 0.25) is 0 Å². The van der Waals surface area contributed by atoms with Crippen molar-refractivity contribution in [2.24, 2.45) is 5.92 Å². The first kappa shape index (κ1) is 19.4. The lowest BCUT2D eigenvalue weighted by Gasteiger charge is -2.22. The topological polar surface area (TPSA) is 90.6 Å². The minimum Gasteiger partial charge on any atom is -0.381 e. The molecule has 0 amide bonds. The lowest BCUT2D eigenvalue weighted by molar-refractivity contribution is 0.0613. The van der Waals surface area contributed by atoms with E-state index in [4.69, 9.17) is 14.7 Å². The van der Waals surface area contributed by atoms with E-state index in [2.05, 4.69) is 16.0 Å². The van der Waals surface area contributed by atoms with Crippen molar-refractivity contribution in [3.8, 4) is 11.3 Å². The van der Waals surface area contributed by atoms with Crippen LogP contribution >= 0.6 is 0 Å². The number of hydrogen-bond donors (Lipinski definition) is 1. The molecular weight excluding hydrogens is 404 g/mol. The van der Waals surface area contributed by atoms with Gasteiger partial charge in [0.25, 0.3) is 0 Å². The zero-order valence-electron chi connectivity index (χ0n) is 18.0. The highest BCUT2D eigenvalue weighted by Crippen LogP contribution is 2.28. The molecule has 0 spiro atoms. The Labute approximate surface area is 185 Å². The van der Waals surface area contributed by atoms with Crippen LogP contribution in [-0.2, 0) is 11.3 Å². The molecule has 5 heterocycles. The average molecular weight is 431 g/mol. The molecule has 4 aromatic rings. The van der Waals surface area contributed by atoms with Gasteiger partial charge in [-0.25, -0.2) is 24.3 Å². The lowest BCUT2D eigenvalue weighted by Crippen LogP contribution is -2.29. The summed E-state index contributed by atoms with van der Waals surface area (Å²) in [5, 5.41) is 0. The Morgan fingerprint density at radius 3 is 2.91 bits per heavy atom. The highest BCUT2D eigenvalue weighted by molar-refractivity contribution is 5.82. The van der Waals surface area contributed by atoms with Crippen molar-refractivity contribution in [2.45, 2.75) is 45.1 Å². The van der Waals surface area contributed by atoms with Gasteiger partial charge in [0, 0.05) is 43.4 Å². The molecule has 8 nitrogen and oxygen atoms in total. The zero-order chi connectivity index (χ0) is 21.5. The minimum atomic E-state index is 0.0106. The van der Waals surface area contributed by atoms with Gasteiger partial charge in [0.05, 0.1) is 17.4 Å². The summed E-state index contributed by atoms with van der Waals surface area (Å²) in [4.78, 5) is 30.7. The highest BCUT2D eigenvalue weighted by Gasteiger charge is 2.23. The van der Waals surface area contributed by atoms with Crippen LogP contribution in [0.5, 0.6) is 0 Å². The van der Waals surface area contributed by atoms with Crippen molar-refractivity contribution in [3.05, 3.63) is 47.3 Å². The predicted molar refractivity (Wildman–Crippen MR) is 123 cm³/mol. The number of aromatic nitrogens is 6. The fourth-order valence-electron chi connectivity index (χ4n) is 4.89. The van der Waals surface area contributed by atoms with E-state index in [1.54, 1.807) is 6.20 Å². The molecule has 0 atom stereocenters. The van der Waals surface area contributed by atoms with E-state index >= 15 is 0 Å². The van der Waals surface area contributed by atoms with Crippen LogP contribution in [0.1, 0.15) is 38.5 Å². The van der Waals surface area contributed by atoms with E-state index < -0.39 is 0 Å². The van der Waals surface area contributed by atoms with E-state index in [9.17, 15) is 4.79 Å². The molecule has 2 aliphatic rings. The number of nitrogens with one attached hydrogen (secondary N) is 1. The standard InChI is InChI=1S/C24H26N6O2/c31-24-29(15-16-7-10-32-11-8-16)21-12-17(20-14-26-22-19(28-20)6-9-25-22)13-27-23(21)30(24)18-4-2-1-3-5-18/h4,6,9,12-14,16H,1-3,5,7-8,10-11,15H2,(H,25,26). The number of ether oxygens (including phenoxy) is 1. The molecule has 1 fully saturated rings. The van der Waals surface area contributed by atoms with Crippen LogP contribution in [0.3, 0.4) is 0 Å². The second kappa shape index (κ2) is 8.02. The Morgan fingerprint density at radius 1 is 1.16 bits per heavy atom. The first-order valence-electron chi connectivity index (χ1n) is 11.5. The van der Waals surface area contributed by atoms with Crippen LogP contribution in [0.25, 0.3) is 39.3 Å². The fraction of sp³-hybridized carbons (Fsp3) is 0.417. The van der Waals surface area contributed by atoms with Gasteiger partial charge in [-0.3, -0.25) is 4.57 Å². The summed E-state index contributed by atoms with van der Waals surface area (Å²) in [6.07, 6.45) is 13.8. The molecule has 0 unspecified atom stereocenters. The molecule has 1 aliphatic heterocycles. The van der Waals surface area contributed by atoms with Gasteiger partial charge < -0.3 is 9.72 Å². The molecule has 0 radical (unpaired) electrons. The molecule has 1 aliphatic carbocycles. The molecule has 1 N–H and O–H groups in total. The van der Waals surface area contributed by atoms with Crippen molar-refractivity contribution in [1.29, 1.82) is 0 Å². The minimum absolute atomic E-state index is 0.0106. The Hall–Kier alpha value is -3.26. The van der Waals surface area contributed by atoms with Crippen molar-refractivity contribution in [1.82, 2.24) is 29.1 Å². The fourth-order valence-corrected chi connectivity index (χ4v) is 4.89. The van der Waals surface area contributed by atoms with Crippen molar-refractivity contribution in [3.63, 3.8) is 0 Å². The number of allylic oxidation sites excluding steroid dienone is 2. The molecule has 0 aromatic carbocycles. The van der Waals surface area contributed by atoms with Gasteiger partial charge in [-0.15, -0.1) is 0 Å². The van der Waals surface area contributed by atoms with Gasteiger partial charge in [-0.2, -0.15) is 0 Å². The van der Waals surface area contributed by atoms with E-state index in [1.807, 2.05) is 33.7 Å². The maximum absolute atomic E-state index is 13.6. The van der Waals surface area contributed by atoms with Crippen LogP contribution in [0.15, 0.2) is 41.6 Å². The van der Waals surface area contributed by atoms with E-state index in [1.165, 1.54) is 6.42 Å². The maximum Gasteiger partial charge on any atom is 0.334 e. The molecule has 6 rings (SSSR count). The molecule has 4 aromatic heterocycles. The van der Waals surface area contributed by atoms with E-state index in [0.717, 1.165) is 84.6 Å². The summed E-state index contributed by atoms with van der Waals surface area (Å²) in [5.74, 6) is 0.431. The number of rotatable bonds is 4. The summed E-state index contributed by atoms with van der Waals surface area (Å²) in [6, 6.07) is 3.95. The predicted octanol–water partition coefficient (Wildman–Crippen LogP) is 3.98. The van der Waals surface area contributed by atoms with Crippen LogP contribution in [0.4, 0.5) is 0 Å². The largest absolute Gasteiger partial charge is 0.381 e. The first-order valence-corrected chi connectivity index (χ1v) is 11.5. The lowest BCUT2D eigenvalue weighted by atomic mass is 10.0. The van der Waals surface area contributed by atoms with Gasteiger partial charge in [0.1, 0.15) is 5.52 Å². The van der Waals surface area contributed by atoms with E-state index in [-0.39, 0.29) is 5.69 Å². The number of fused-ring (bicyclic) bond motifs is 2. The van der Waals surface area contributed by atoms with Gasteiger partial charge >= 0.3 is 5.69 Å². The summed E-state index contributed by atoms with van der Waals surface area (Å²) >= 11 is 0. The summed E-state index contributed by atoms with van der Waals surface area (Å²) in [6.45, 7) is 2.21. The van der Waals surface area contributed by atoms with Crippen molar-refractivity contribution < 1.29 is 4.74 Å². The molecule has 8 heteroatoms. The summed E-state index contributed by atoms with van der Waals surface area (Å²) in [7, 11) is 0. The molecule has 1 saturated heterocycles. The molecular formula is C24H26N6O2. The van der Waals surface area contributed by atoms with Gasteiger partial charge in [-0.1, -0.05) is 6.08 Å². The number of pyridine rings is 1. The number of nitrogens with zero attached hydrogens (tertiary/aromatic N) is 5. The SMILES string of the molecule is O=c1n(CC2CCOCC2)c2cc(-c3cnc4[nH]ccc4n3)cnc2n1C1=CCCCC1. The maximum atomic E-state index is 13.6. The van der Waals surface area contributed by atoms with Gasteiger partial charge in [0.15, 0.2) is 11.3 Å². The van der Waals surface area contributed by atoms with Crippen LogP contribution in [0.2, 0.25) is 0 Å². The Kier molecular flexibility index (Phi) is 4.87. The van der Waals surface area contributed by atoms with Crippen LogP contribution in [-0.4, -0.2) is 42.3 Å². The number of H-pyrrole nitrogens is 1. The third-order valence-electron chi connectivity index (χ3n) is 6.66. The first-order chi connectivity index (χ1) is 15.8. The normalized spacial score (nSPS) is 17.8. The molecule has 0 saturated carbocycles. The highest BCUT2D eigenvalue weighted by atomic mass is 16.5. The Morgan fingerprint density at radius 2 is 2.06 bits per heavy atom. The number of hydrogen-bond acceptors (Lipinski definition) is 5. The average Bonchev–Trinajstić information content (AvgIpc) is 3.42. The van der Waals surface area contributed by atoms with E-state index in [0.29, 0.717) is 12.5 Å². The third kappa shape index (κ3) is 3.35. The Balaban J connectivity index is 1.50. The molecule has 32 heavy (non-hydrogen) atoms.